The molecule has 0 radical (unpaired) electrons. The predicted molar refractivity (Wildman–Crippen MR) is 110 cm³/mol. The number of thiophene rings is 1. The fourth-order valence-electron chi connectivity index (χ4n) is 2.55. The minimum absolute atomic E-state index is 0.0848. The minimum Gasteiger partial charge on any atom is -0.131 e. The lowest BCUT2D eigenvalue weighted by molar-refractivity contribution is 0.936. The van der Waals surface area contributed by atoms with E-state index >= 15 is 0 Å². The van der Waals surface area contributed by atoms with Gasteiger partial charge in [0.05, 0.1) is 4.21 Å². The second-order valence-electron chi connectivity index (χ2n) is 5.40. The molecule has 24 heavy (non-hydrogen) atoms. The Labute approximate surface area is 159 Å². The first-order valence-electron chi connectivity index (χ1n) is 7.74. The Morgan fingerprint density at radius 2 is 1.50 bits per heavy atom. The third kappa shape index (κ3) is 3.62. The molecule has 4 heteroatoms. The Balaban J connectivity index is 1.58. The average Bonchev–Trinajstić information content (AvgIpc) is 3.27. The third-order valence-electron chi connectivity index (χ3n) is 3.69. The van der Waals surface area contributed by atoms with E-state index in [9.17, 15) is 0 Å². The van der Waals surface area contributed by atoms with Gasteiger partial charge in [-0.05, 0) is 48.2 Å². The van der Waals surface area contributed by atoms with Crippen LogP contribution in [0.5, 0.6) is 0 Å². The first kappa shape index (κ1) is 16.4. The van der Waals surface area contributed by atoms with Crippen LogP contribution in [0.2, 0.25) is 0 Å². The maximum Gasteiger partial charge on any atom is 0.107 e. The van der Waals surface area contributed by atoms with Crippen molar-refractivity contribution in [3.63, 3.8) is 0 Å². The summed E-state index contributed by atoms with van der Waals surface area (Å²) in [5.74, 6) is 0. The van der Waals surface area contributed by atoms with Crippen molar-refractivity contribution in [2.24, 2.45) is 0 Å². The van der Waals surface area contributed by atoms with Gasteiger partial charge in [0.1, 0.15) is 4.08 Å². The molecule has 0 spiro atoms. The summed E-state index contributed by atoms with van der Waals surface area (Å²) in [5, 5.41) is 2.25. The highest BCUT2D eigenvalue weighted by molar-refractivity contribution is 8.19. The smallest absolute Gasteiger partial charge is 0.107 e. The molecule has 1 aliphatic rings. The zero-order chi connectivity index (χ0) is 16.2. The van der Waals surface area contributed by atoms with E-state index in [4.69, 9.17) is 0 Å². The molecule has 0 N–H and O–H groups in total. The molecule has 0 saturated heterocycles. The van der Waals surface area contributed by atoms with Gasteiger partial charge in [-0.25, -0.2) is 0 Å². The van der Waals surface area contributed by atoms with Gasteiger partial charge in [-0.15, -0.1) is 34.9 Å². The van der Waals surface area contributed by atoms with Crippen LogP contribution >= 0.6 is 46.6 Å². The van der Waals surface area contributed by atoms with Crippen LogP contribution in [-0.4, -0.2) is 0 Å². The van der Waals surface area contributed by atoms with Crippen molar-refractivity contribution in [2.45, 2.75) is 24.5 Å². The summed E-state index contributed by atoms with van der Waals surface area (Å²) in [4.78, 5) is 4.08. The molecule has 4 rings (SSSR count). The number of allylic oxidation sites excluding steroid dienone is 1. The van der Waals surface area contributed by atoms with Crippen LogP contribution in [0.1, 0.15) is 11.3 Å². The van der Waals surface area contributed by atoms with Gasteiger partial charge >= 0.3 is 0 Å². The van der Waals surface area contributed by atoms with Gasteiger partial charge in [-0.1, -0.05) is 54.2 Å². The molecule has 0 bridgehead atoms. The van der Waals surface area contributed by atoms with E-state index in [0.29, 0.717) is 0 Å². The Kier molecular flexibility index (Phi) is 5.09. The van der Waals surface area contributed by atoms with Gasteiger partial charge in [-0.2, -0.15) is 0 Å². The van der Waals surface area contributed by atoms with Crippen molar-refractivity contribution in [1.29, 1.82) is 0 Å². The Hall–Kier alpha value is -1.07. The fraction of sp³-hybridized carbons (Fsp3) is 0.100. The highest BCUT2D eigenvalue weighted by Gasteiger charge is 2.36. The standard InChI is InChI=1S/C20H16S4/c1-3-8-16(9-4-1)22-19-13-12-18(23-19)20(14-7-15-21-20)24-17-10-5-2-6-11-17/h1-13,15H,14H2. The van der Waals surface area contributed by atoms with Crippen LogP contribution in [0.3, 0.4) is 0 Å². The molecule has 0 amide bonds. The number of benzene rings is 2. The van der Waals surface area contributed by atoms with Crippen LogP contribution in [0.25, 0.3) is 0 Å². The van der Waals surface area contributed by atoms with E-state index in [2.05, 4.69) is 84.3 Å². The van der Waals surface area contributed by atoms with Crippen molar-refractivity contribution in [2.75, 3.05) is 0 Å². The summed E-state index contributed by atoms with van der Waals surface area (Å²) in [6.45, 7) is 0. The second kappa shape index (κ2) is 7.44. The highest BCUT2D eigenvalue weighted by atomic mass is 32.2. The zero-order valence-electron chi connectivity index (χ0n) is 12.9. The second-order valence-corrected chi connectivity index (χ2v) is 10.7. The van der Waals surface area contributed by atoms with Crippen molar-refractivity contribution in [3.8, 4) is 0 Å². The van der Waals surface area contributed by atoms with Gasteiger partial charge in [0.2, 0.25) is 0 Å². The van der Waals surface area contributed by atoms with E-state index in [1.165, 1.54) is 18.9 Å². The van der Waals surface area contributed by atoms with Gasteiger partial charge in [-0.3, -0.25) is 0 Å². The van der Waals surface area contributed by atoms with E-state index in [1.807, 2.05) is 46.6 Å². The van der Waals surface area contributed by atoms with E-state index in [-0.39, 0.29) is 4.08 Å². The van der Waals surface area contributed by atoms with Crippen molar-refractivity contribution < 1.29 is 0 Å². The molecular weight excluding hydrogens is 368 g/mol. The molecule has 2 aromatic carbocycles. The van der Waals surface area contributed by atoms with E-state index in [0.717, 1.165) is 6.42 Å². The SMILES string of the molecule is C1=CSC(Sc2ccccc2)(c2ccc(Sc3ccccc3)s2)C1. The topological polar surface area (TPSA) is 0 Å². The largest absolute Gasteiger partial charge is 0.131 e. The van der Waals surface area contributed by atoms with Crippen LogP contribution < -0.4 is 0 Å². The highest BCUT2D eigenvalue weighted by Crippen LogP contribution is 2.58. The Morgan fingerprint density at radius 1 is 0.792 bits per heavy atom. The summed E-state index contributed by atoms with van der Waals surface area (Å²) in [6.07, 6.45) is 3.37. The lowest BCUT2D eigenvalue weighted by Crippen LogP contribution is -2.11. The molecule has 120 valence electrons. The monoisotopic (exact) mass is 384 g/mol. The first-order chi connectivity index (χ1) is 11.8. The molecule has 0 saturated carbocycles. The minimum atomic E-state index is 0.0848. The summed E-state index contributed by atoms with van der Waals surface area (Å²) in [7, 11) is 0. The number of thioether (sulfide) groups is 2. The van der Waals surface area contributed by atoms with Crippen LogP contribution in [0.4, 0.5) is 0 Å². The quantitative estimate of drug-likeness (QED) is 0.447. The maximum absolute atomic E-state index is 2.31. The molecule has 1 aromatic heterocycles. The molecule has 0 fully saturated rings. The predicted octanol–water partition coefficient (Wildman–Crippen LogP) is 7.50. The zero-order valence-corrected chi connectivity index (χ0v) is 16.2. The number of hydrogen-bond donors (Lipinski definition) is 0. The van der Waals surface area contributed by atoms with Gasteiger partial charge in [0, 0.05) is 14.7 Å². The average molecular weight is 385 g/mol. The van der Waals surface area contributed by atoms with Crippen molar-refractivity contribution in [3.05, 3.63) is 89.2 Å². The summed E-state index contributed by atoms with van der Waals surface area (Å²) < 4.78 is 1.44. The Bertz CT molecular complexity index is 813. The summed E-state index contributed by atoms with van der Waals surface area (Å²) >= 11 is 7.69. The molecule has 1 aliphatic heterocycles. The molecule has 2 heterocycles. The molecule has 1 atom stereocenters. The summed E-state index contributed by atoms with van der Waals surface area (Å²) in [6, 6.07) is 25.9. The van der Waals surface area contributed by atoms with Crippen LogP contribution in [0.15, 0.2) is 98.3 Å². The molecular formula is C20H16S4. The molecule has 1 unspecified atom stereocenters. The Morgan fingerprint density at radius 3 is 2.17 bits per heavy atom. The number of hydrogen-bond acceptors (Lipinski definition) is 4. The normalized spacial score (nSPS) is 19.7. The first-order valence-corrected chi connectivity index (χ1v) is 11.1. The van der Waals surface area contributed by atoms with Crippen molar-refractivity contribution in [1.82, 2.24) is 0 Å². The molecule has 0 nitrogen and oxygen atoms in total. The number of rotatable bonds is 5. The lowest BCUT2D eigenvalue weighted by Gasteiger charge is -2.26. The van der Waals surface area contributed by atoms with Crippen LogP contribution in [-0.2, 0) is 4.08 Å². The van der Waals surface area contributed by atoms with Gasteiger partial charge < -0.3 is 0 Å². The summed E-state index contributed by atoms with van der Waals surface area (Å²) in [5.41, 5.74) is 0. The molecule has 0 aliphatic carbocycles. The van der Waals surface area contributed by atoms with E-state index in [1.54, 1.807) is 0 Å². The van der Waals surface area contributed by atoms with Gasteiger partial charge in [0.25, 0.3) is 0 Å². The maximum atomic E-state index is 2.31. The van der Waals surface area contributed by atoms with E-state index < -0.39 is 0 Å². The van der Waals surface area contributed by atoms with Crippen molar-refractivity contribution >= 4 is 46.6 Å². The third-order valence-corrected chi connectivity index (χ3v) is 9.19. The van der Waals surface area contributed by atoms with Crippen LogP contribution in [0, 0.1) is 0 Å². The molecule has 3 aromatic rings. The fourth-order valence-corrected chi connectivity index (χ4v) is 7.64. The van der Waals surface area contributed by atoms with Gasteiger partial charge in [0.15, 0.2) is 0 Å². The lowest BCUT2D eigenvalue weighted by atomic mass is 10.2.